The fourth-order valence-electron chi connectivity index (χ4n) is 2.53. The van der Waals surface area contributed by atoms with Crippen molar-refractivity contribution in [2.24, 2.45) is 0 Å². The van der Waals surface area contributed by atoms with Crippen molar-refractivity contribution in [1.82, 2.24) is 15.2 Å². The maximum absolute atomic E-state index is 13.5. The molecule has 2 heterocycles. The molecule has 0 bridgehead atoms. The van der Waals surface area contributed by atoms with Crippen molar-refractivity contribution in [3.8, 4) is 0 Å². The molecule has 7 heteroatoms. The van der Waals surface area contributed by atoms with Crippen LogP contribution in [0.3, 0.4) is 0 Å². The average molecular weight is 334 g/mol. The SMILES string of the molecule is CN1CCc2nc(NC(=O)NCCc3ccccc3F)sc2C1. The first-order valence-electron chi connectivity index (χ1n) is 7.57. The molecular weight excluding hydrogens is 315 g/mol. The second-order valence-corrected chi connectivity index (χ2v) is 6.68. The van der Waals surface area contributed by atoms with Crippen LogP contribution in [0, 0.1) is 5.82 Å². The number of amides is 2. The molecule has 0 aliphatic carbocycles. The molecule has 0 radical (unpaired) electrons. The summed E-state index contributed by atoms with van der Waals surface area (Å²) in [6.07, 6.45) is 1.37. The Balaban J connectivity index is 1.49. The minimum Gasteiger partial charge on any atom is -0.337 e. The maximum Gasteiger partial charge on any atom is 0.321 e. The number of rotatable bonds is 4. The summed E-state index contributed by atoms with van der Waals surface area (Å²) in [6.45, 7) is 2.25. The normalized spacial score (nSPS) is 14.3. The van der Waals surface area contributed by atoms with Crippen molar-refractivity contribution in [1.29, 1.82) is 0 Å². The van der Waals surface area contributed by atoms with Crippen LogP contribution in [0.5, 0.6) is 0 Å². The summed E-state index contributed by atoms with van der Waals surface area (Å²) in [6, 6.07) is 6.28. The Morgan fingerprint density at radius 2 is 2.26 bits per heavy atom. The summed E-state index contributed by atoms with van der Waals surface area (Å²) in [5.41, 5.74) is 1.68. The second-order valence-electron chi connectivity index (χ2n) is 5.60. The highest BCUT2D eigenvalue weighted by Gasteiger charge is 2.18. The molecule has 0 unspecified atom stereocenters. The Bertz CT molecular complexity index is 703. The monoisotopic (exact) mass is 334 g/mol. The van der Waals surface area contributed by atoms with Gasteiger partial charge < -0.3 is 10.2 Å². The molecule has 23 heavy (non-hydrogen) atoms. The van der Waals surface area contributed by atoms with Gasteiger partial charge in [-0.25, -0.2) is 14.2 Å². The third-order valence-corrected chi connectivity index (χ3v) is 4.78. The molecule has 0 fully saturated rings. The van der Waals surface area contributed by atoms with Gasteiger partial charge in [0.25, 0.3) is 0 Å². The van der Waals surface area contributed by atoms with E-state index >= 15 is 0 Å². The quantitative estimate of drug-likeness (QED) is 0.904. The highest BCUT2D eigenvalue weighted by Crippen LogP contribution is 2.27. The number of aromatic nitrogens is 1. The van der Waals surface area contributed by atoms with Gasteiger partial charge in [-0.1, -0.05) is 18.2 Å². The fourth-order valence-corrected chi connectivity index (χ4v) is 3.61. The van der Waals surface area contributed by atoms with E-state index in [1.54, 1.807) is 18.2 Å². The van der Waals surface area contributed by atoms with Crippen LogP contribution in [0.15, 0.2) is 24.3 Å². The summed E-state index contributed by atoms with van der Waals surface area (Å²) in [5, 5.41) is 6.11. The third-order valence-electron chi connectivity index (χ3n) is 3.78. The smallest absolute Gasteiger partial charge is 0.321 e. The zero-order chi connectivity index (χ0) is 16.2. The van der Waals surface area contributed by atoms with E-state index < -0.39 is 0 Å². The number of thiazole rings is 1. The fraction of sp³-hybridized carbons (Fsp3) is 0.375. The second kappa shape index (κ2) is 7.06. The number of anilines is 1. The number of likely N-dealkylation sites (N-methyl/N-ethyl adjacent to an activating group) is 1. The molecule has 2 N–H and O–H groups in total. The van der Waals surface area contributed by atoms with E-state index in [9.17, 15) is 9.18 Å². The van der Waals surface area contributed by atoms with E-state index in [0.717, 1.165) is 25.2 Å². The lowest BCUT2D eigenvalue weighted by molar-refractivity contribution is 0.252. The predicted molar refractivity (Wildman–Crippen MR) is 89.3 cm³/mol. The topological polar surface area (TPSA) is 57.3 Å². The van der Waals surface area contributed by atoms with Crippen molar-refractivity contribution in [3.05, 3.63) is 46.2 Å². The van der Waals surface area contributed by atoms with Crippen LogP contribution < -0.4 is 10.6 Å². The molecule has 2 aromatic rings. The van der Waals surface area contributed by atoms with Gasteiger partial charge in [0, 0.05) is 30.9 Å². The molecule has 122 valence electrons. The minimum absolute atomic E-state index is 0.244. The third kappa shape index (κ3) is 4.05. The lowest BCUT2D eigenvalue weighted by Gasteiger charge is -2.20. The van der Waals surface area contributed by atoms with Crippen LogP contribution in [0.4, 0.5) is 14.3 Å². The molecule has 0 saturated carbocycles. The number of hydrogen-bond donors (Lipinski definition) is 2. The summed E-state index contributed by atoms with van der Waals surface area (Å²) in [7, 11) is 2.07. The van der Waals surface area contributed by atoms with Gasteiger partial charge in [0.1, 0.15) is 5.82 Å². The van der Waals surface area contributed by atoms with Crippen molar-refractivity contribution in [2.45, 2.75) is 19.4 Å². The molecule has 1 aromatic heterocycles. The van der Waals surface area contributed by atoms with Gasteiger partial charge in [-0.05, 0) is 25.1 Å². The lowest BCUT2D eigenvalue weighted by Crippen LogP contribution is -2.30. The highest BCUT2D eigenvalue weighted by molar-refractivity contribution is 7.15. The van der Waals surface area contributed by atoms with Gasteiger partial charge in [0.2, 0.25) is 0 Å². The van der Waals surface area contributed by atoms with Gasteiger partial charge in [-0.15, -0.1) is 11.3 Å². The van der Waals surface area contributed by atoms with Crippen molar-refractivity contribution >= 4 is 22.5 Å². The zero-order valence-corrected chi connectivity index (χ0v) is 13.8. The first-order valence-corrected chi connectivity index (χ1v) is 8.39. The average Bonchev–Trinajstić information content (AvgIpc) is 2.90. The Morgan fingerprint density at radius 3 is 3.09 bits per heavy atom. The molecular formula is C16H19FN4OS. The van der Waals surface area contributed by atoms with Gasteiger partial charge >= 0.3 is 6.03 Å². The standard InChI is InChI=1S/C16H19FN4OS/c1-21-9-7-13-14(10-21)23-16(19-13)20-15(22)18-8-6-11-4-2-3-5-12(11)17/h2-5H,6-10H2,1H3,(H2,18,19,20,22). The molecule has 2 amide bonds. The summed E-state index contributed by atoms with van der Waals surface area (Å²) in [4.78, 5) is 19.8. The van der Waals surface area contributed by atoms with Crippen LogP contribution in [0.25, 0.3) is 0 Å². The van der Waals surface area contributed by atoms with Gasteiger partial charge in [0.05, 0.1) is 5.69 Å². The first-order chi connectivity index (χ1) is 11.1. The Kier molecular flexibility index (Phi) is 4.88. The van der Waals surface area contributed by atoms with Gasteiger partial charge in [-0.3, -0.25) is 5.32 Å². The number of urea groups is 1. The Hall–Kier alpha value is -1.99. The number of fused-ring (bicyclic) bond motifs is 1. The van der Waals surface area contributed by atoms with E-state index in [0.29, 0.717) is 23.7 Å². The number of nitrogens with one attached hydrogen (secondary N) is 2. The highest BCUT2D eigenvalue weighted by atomic mass is 32.1. The Morgan fingerprint density at radius 1 is 1.43 bits per heavy atom. The molecule has 1 aromatic carbocycles. The van der Waals surface area contributed by atoms with Crippen LogP contribution in [0.1, 0.15) is 16.1 Å². The van der Waals surface area contributed by atoms with Crippen molar-refractivity contribution in [2.75, 3.05) is 25.5 Å². The largest absolute Gasteiger partial charge is 0.337 e. The van der Waals surface area contributed by atoms with Gasteiger partial charge in [-0.2, -0.15) is 0 Å². The van der Waals surface area contributed by atoms with E-state index in [1.165, 1.54) is 22.3 Å². The summed E-state index contributed by atoms with van der Waals surface area (Å²) in [5.74, 6) is -0.244. The van der Waals surface area contributed by atoms with E-state index in [1.807, 2.05) is 0 Å². The summed E-state index contributed by atoms with van der Waals surface area (Å²) >= 11 is 1.51. The van der Waals surface area contributed by atoms with E-state index in [4.69, 9.17) is 0 Å². The molecule has 0 spiro atoms. The number of halogens is 1. The van der Waals surface area contributed by atoms with Gasteiger partial charge in [0.15, 0.2) is 5.13 Å². The van der Waals surface area contributed by atoms with Crippen LogP contribution in [-0.4, -0.2) is 36.1 Å². The van der Waals surface area contributed by atoms with Crippen molar-refractivity contribution in [3.63, 3.8) is 0 Å². The maximum atomic E-state index is 13.5. The Labute approximate surface area is 138 Å². The minimum atomic E-state index is -0.305. The first kappa shape index (κ1) is 15.9. The van der Waals surface area contributed by atoms with Crippen molar-refractivity contribution < 1.29 is 9.18 Å². The van der Waals surface area contributed by atoms with Crippen LogP contribution >= 0.6 is 11.3 Å². The number of benzene rings is 1. The number of nitrogens with zero attached hydrogens (tertiary/aromatic N) is 2. The number of carbonyl (C=O) groups excluding carboxylic acids is 1. The van der Waals surface area contributed by atoms with Crippen LogP contribution in [-0.2, 0) is 19.4 Å². The number of carbonyl (C=O) groups is 1. The molecule has 1 aliphatic rings. The lowest BCUT2D eigenvalue weighted by atomic mass is 10.1. The summed E-state index contributed by atoms with van der Waals surface area (Å²) < 4.78 is 13.5. The van der Waals surface area contributed by atoms with E-state index in [2.05, 4.69) is 27.6 Å². The predicted octanol–water partition coefficient (Wildman–Crippen LogP) is 2.63. The molecule has 0 saturated heterocycles. The number of hydrogen-bond acceptors (Lipinski definition) is 4. The molecule has 1 aliphatic heterocycles. The molecule has 3 rings (SSSR count). The molecule has 0 atom stereocenters. The molecule has 5 nitrogen and oxygen atoms in total. The van der Waals surface area contributed by atoms with E-state index in [-0.39, 0.29) is 11.8 Å². The van der Waals surface area contributed by atoms with Crippen LogP contribution in [0.2, 0.25) is 0 Å². The zero-order valence-electron chi connectivity index (χ0n) is 12.9.